The van der Waals surface area contributed by atoms with Gasteiger partial charge in [0.25, 0.3) is 0 Å². The summed E-state index contributed by atoms with van der Waals surface area (Å²) in [5, 5.41) is 0. The van der Waals surface area contributed by atoms with Gasteiger partial charge in [-0.2, -0.15) is 0 Å². The van der Waals surface area contributed by atoms with Gasteiger partial charge in [-0.05, 0) is 6.42 Å². The first-order valence-corrected chi connectivity index (χ1v) is 3.96. The molecule has 0 unspecified atom stereocenters. The van der Waals surface area contributed by atoms with Crippen LogP contribution >= 0.6 is 0 Å². The first kappa shape index (κ1) is 12.3. The number of aromatic amines is 1. The largest absolute Gasteiger partial charge is 1.00 e. The van der Waals surface area contributed by atoms with E-state index >= 15 is 0 Å². The number of nitrogens with one attached hydrogen (secondary N) is 1. The summed E-state index contributed by atoms with van der Waals surface area (Å²) in [6.07, 6.45) is 7.43. The van der Waals surface area contributed by atoms with Crippen molar-refractivity contribution in [3.8, 4) is 0 Å². The normalized spacial score (nSPS) is 10.0. The third-order valence-electron chi connectivity index (χ3n) is 1.44. The molecule has 0 atom stereocenters. The van der Waals surface area contributed by atoms with Crippen molar-refractivity contribution in [2.45, 2.75) is 20.3 Å². The molecule has 0 aliphatic carbocycles. The van der Waals surface area contributed by atoms with E-state index < -0.39 is 0 Å². The number of H-pyrrole nitrogens is 1. The van der Waals surface area contributed by atoms with Crippen molar-refractivity contribution in [3.63, 3.8) is 0 Å². The summed E-state index contributed by atoms with van der Waals surface area (Å²) < 4.78 is 0. The standard InChI is InChI=1S/C10H12N2.Li/c1-4-10-11-7-9(12-10)6-5-8(2)3;/h2,5-6H,4H2,1,3H3,(H,11,12);/q-2;+1/b6-5-;. The third kappa shape index (κ3) is 4.17. The van der Waals surface area contributed by atoms with Gasteiger partial charge < -0.3 is 9.97 Å². The van der Waals surface area contributed by atoms with E-state index in [9.17, 15) is 0 Å². The van der Waals surface area contributed by atoms with E-state index in [-0.39, 0.29) is 18.9 Å². The number of rotatable bonds is 3. The maximum Gasteiger partial charge on any atom is 1.00 e. The van der Waals surface area contributed by atoms with Crippen LogP contribution in [0.2, 0.25) is 0 Å². The molecule has 1 N–H and O–H groups in total. The van der Waals surface area contributed by atoms with Gasteiger partial charge in [-0.1, -0.05) is 25.7 Å². The molecule has 0 aromatic carbocycles. The Labute approximate surface area is 91.3 Å². The average Bonchev–Trinajstić information content (AvgIpc) is 2.48. The van der Waals surface area contributed by atoms with E-state index in [2.05, 4.69) is 16.2 Å². The second kappa shape index (κ2) is 5.85. The van der Waals surface area contributed by atoms with Crippen molar-refractivity contribution in [1.29, 1.82) is 0 Å². The SMILES string of the molecule is [CH-]=C(C)/C=C\c1[c-]nc(CC)[nH]1.[Li+]. The molecule has 0 radical (unpaired) electrons. The Morgan fingerprint density at radius 2 is 2.38 bits per heavy atom. The number of allylic oxidation sites excluding steroid dienone is 2. The number of aryl methyl sites for hydroxylation is 1. The number of nitrogens with zero attached hydrogens (tertiary/aromatic N) is 1. The fourth-order valence-electron chi connectivity index (χ4n) is 0.800. The van der Waals surface area contributed by atoms with Crippen LogP contribution in [0.15, 0.2) is 11.6 Å². The molecule has 0 aliphatic heterocycles. The number of hydrogen-bond donors (Lipinski definition) is 1. The summed E-state index contributed by atoms with van der Waals surface area (Å²) in [5.74, 6) is 0.948. The van der Waals surface area contributed by atoms with Gasteiger partial charge >= 0.3 is 18.9 Å². The second-order valence-corrected chi connectivity index (χ2v) is 2.64. The molecule has 1 aromatic heterocycles. The molecule has 13 heavy (non-hydrogen) atoms. The molecular formula is C10H12LiN2-. The smallest absolute Gasteiger partial charge is 0.417 e. The molecule has 2 nitrogen and oxygen atoms in total. The molecule has 0 aliphatic rings. The maximum absolute atomic E-state index is 5.46. The minimum atomic E-state index is 0. The van der Waals surface area contributed by atoms with E-state index in [1.54, 1.807) is 0 Å². The van der Waals surface area contributed by atoms with E-state index in [1.165, 1.54) is 0 Å². The predicted octanol–water partition coefficient (Wildman–Crippen LogP) is -0.831. The molecule has 0 spiro atoms. The number of hydrogen-bond acceptors (Lipinski definition) is 1. The molecule has 3 heteroatoms. The summed E-state index contributed by atoms with van der Waals surface area (Å²) in [5.41, 5.74) is 1.65. The topological polar surface area (TPSA) is 28.7 Å². The summed E-state index contributed by atoms with van der Waals surface area (Å²) >= 11 is 0. The first-order valence-electron chi connectivity index (χ1n) is 3.96. The van der Waals surface area contributed by atoms with Gasteiger partial charge in [0.15, 0.2) is 0 Å². The van der Waals surface area contributed by atoms with Crippen LogP contribution in [0, 0.1) is 12.8 Å². The molecule has 0 amide bonds. The molecule has 1 aromatic rings. The van der Waals surface area contributed by atoms with Crippen molar-refractivity contribution < 1.29 is 18.9 Å². The van der Waals surface area contributed by atoms with Crippen LogP contribution in [-0.4, -0.2) is 9.97 Å². The van der Waals surface area contributed by atoms with Crippen LogP contribution in [0.25, 0.3) is 6.08 Å². The Bertz CT molecular complexity index is 300. The maximum atomic E-state index is 5.46. The third-order valence-corrected chi connectivity index (χ3v) is 1.44. The van der Waals surface area contributed by atoms with Gasteiger partial charge in [0.1, 0.15) is 0 Å². The Kier molecular flexibility index (Phi) is 5.53. The summed E-state index contributed by atoms with van der Waals surface area (Å²) in [4.78, 5) is 7.13. The Hall–Kier alpha value is -0.713. The van der Waals surface area contributed by atoms with E-state index in [1.807, 2.05) is 26.0 Å². The molecule has 1 rings (SSSR count). The summed E-state index contributed by atoms with van der Waals surface area (Å²) in [6.45, 7) is 9.34. The Morgan fingerprint density at radius 1 is 1.69 bits per heavy atom. The van der Waals surface area contributed by atoms with Crippen LogP contribution in [-0.2, 0) is 6.42 Å². The van der Waals surface area contributed by atoms with E-state index in [4.69, 9.17) is 6.58 Å². The van der Waals surface area contributed by atoms with E-state index in [0.717, 1.165) is 23.5 Å². The van der Waals surface area contributed by atoms with Crippen LogP contribution < -0.4 is 18.9 Å². The van der Waals surface area contributed by atoms with Gasteiger partial charge in [0.05, 0.1) is 0 Å². The van der Waals surface area contributed by atoms with Crippen LogP contribution in [0.5, 0.6) is 0 Å². The zero-order chi connectivity index (χ0) is 8.97. The zero-order valence-corrected chi connectivity index (χ0v) is 8.39. The van der Waals surface area contributed by atoms with Crippen LogP contribution in [0.1, 0.15) is 25.4 Å². The van der Waals surface area contributed by atoms with Gasteiger partial charge in [-0.25, -0.2) is 11.6 Å². The van der Waals surface area contributed by atoms with Crippen molar-refractivity contribution >= 4 is 6.08 Å². The second-order valence-electron chi connectivity index (χ2n) is 2.64. The molecule has 64 valence electrons. The number of imidazole rings is 1. The molecule has 0 bridgehead atoms. The van der Waals surface area contributed by atoms with Gasteiger partial charge in [0.2, 0.25) is 0 Å². The van der Waals surface area contributed by atoms with Crippen LogP contribution in [0.4, 0.5) is 0 Å². The number of aromatic nitrogens is 2. The Morgan fingerprint density at radius 3 is 2.85 bits per heavy atom. The predicted molar refractivity (Wildman–Crippen MR) is 49.3 cm³/mol. The Balaban J connectivity index is 0.00000144. The van der Waals surface area contributed by atoms with Crippen molar-refractivity contribution in [3.05, 3.63) is 35.9 Å². The van der Waals surface area contributed by atoms with Crippen LogP contribution in [0.3, 0.4) is 0 Å². The molecular weight excluding hydrogens is 155 g/mol. The summed E-state index contributed by atoms with van der Waals surface area (Å²) in [6, 6.07) is 0. The van der Waals surface area contributed by atoms with Gasteiger partial charge in [-0.3, -0.25) is 12.7 Å². The molecule has 1 heterocycles. The minimum Gasteiger partial charge on any atom is -0.417 e. The minimum absolute atomic E-state index is 0. The van der Waals surface area contributed by atoms with Gasteiger partial charge in [-0.15, -0.1) is 0 Å². The fraction of sp³-hybridized carbons (Fsp3) is 0.300. The average molecular weight is 167 g/mol. The van der Waals surface area contributed by atoms with E-state index in [0.29, 0.717) is 0 Å². The fourth-order valence-corrected chi connectivity index (χ4v) is 0.800. The first-order chi connectivity index (χ1) is 5.72. The van der Waals surface area contributed by atoms with Crippen molar-refractivity contribution in [2.75, 3.05) is 0 Å². The van der Waals surface area contributed by atoms with Crippen molar-refractivity contribution in [2.24, 2.45) is 0 Å². The molecule has 0 saturated carbocycles. The monoisotopic (exact) mass is 167 g/mol. The molecule has 0 saturated heterocycles. The van der Waals surface area contributed by atoms with Gasteiger partial charge in [0, 0.05) is 5.82 Å². The van der Waals surface area contributed by atoms with Crippen molar-refractivity contribution in [1.82, 2.24) is 9.97 Å². The molecule has 0 fully saturated rings. The quantitative estimate of drug-likeness (QED) is 0.355. The summed E-state index contributed by atoms with van der Waals surface area (Å²) in [7, 11) is 0. The zero-order valence-electron chi connectivity index (χ0n) is 8.39.